The van der Waals surface area contributed by atoms with E-state index < -0.39 is 4.92 Å². The van der Waals surface area contributed by atoms with Crippen molar-refractivity contribution in [3.05, 3.63) is 58.3 Å². The first-order valence-corrected chi connectivity index (χ1v) is 8.82. The van der Waals surface area contributed by atoms with Gasteiger partial charge < -0.3 is 9.64 Å². The molecule has 3 aromatic rings. The number of ether oxygens (including phenoxy) is 1. The number of anilines is 1. The third-order valence-corrected chi connectivity index (χ3v) is 4.62. The van der Waals surface area contributed by atoms with Crippen LogP contribution in [0.1, 0.15) is 17.6 Å². The number of hydrogen-bond acceptors (Lipinski definition) is 8. The number of aromatic nitrogens is 5. The highest BCUT2D eigenvalue weighted by molar-refractivity contribution is 5.61. The van der Waals surface area contributed by atoms with E-state index in [0.717, 1.165) is 17.3 Å². The molecule has 28 heavy (non-hydrogen) atoms. The first-order valence-electron chi connectivity index (χ1n) is 8.82. The van der Waals surface area contributed by atoms with Crippen LogP contribution in [-0.2, 0) is 11.8 Å². The largest absolute Gasteiger partial charge is 0.377 e. The van der Waals surface area contributed by atoms with Gasteiger partial charge in [0.15, 0.2) is 11.6 Å². The van der Waals surface area contributed by atoms with Gasteiger partial charge in [0.25, 0.3) is 5.69 Å². The van der Waals surface area contributed by atoms with E-state index in [4.69, 9.17) is 9.72 Å². The van der Waals surface area contributed by atoms with E-state index in [1.807, 2.05) is 20.0 Å². The highest BCUT2D eigenvalue weighted by atomic mass is 16.6. The molecule has 0 saturated carbocycles. The lowest BCUT2D eigenvalue weighted by Crippen LogP contribution is -2.41. The lowest BCUT2D eigenvalue weighted by Gasteiger charge is -2.35. The Balaban J connectivity index is 1.75. The van der Waals surface area contributed by atoms with Gasteiger partial charge in [-0.2, -0.15) is 5.10 Å². The molecule has 0 N–H and O–H groups in total. The molecule has 0 amide bonds. The summed E-state index contributed by atoms with van der Waals surface area (Å²) in [6, 6.07) is 8.11. The number of nitrogens with zero attached hydrogens (tertiary/aromatic N) is 7. The van der Waals surface area contributed by atoms with Gasteiger partial charge in [-0.05, 0) is 6.92 Å². The summed E-state index contributed by atoms with van der Waals surface area (Å²) in [6.07, 6.45) is 1.52. The van der Waals surface area contributed by atoms with Crippen LogP contribution in [0.15, 0.2) is 36.7 Å². The fourth-order valence-corrected chi connectivity index (χ4v) is 3.29. The Morgan fingerprint density at radius 3 is 2.89 bits per heavy atom. The Morgan fingerprint density at radius 1 is 1.29 bits per heavy atom. The quantitative estimate of drug-likeness (QED) is 0.499. The summed E-state index contributed by atoms with van der Waals surface area (Å²) in [5, 5.41) is 15.3. The van der Waals surface area contributed by atoms with Crippen molar-refractivity contribution in [2.24, 2.45) is 7.05 Å². The van der Waals surface area contributed by atoms with Crippen molar-refractivity contribution in [2.45, 2.75) is 13.0 Å². The summed E-state index contributed by atoms with van der Waals surface area (Å²) >= 11 is 0. The zero-order valence-corrected chi connectivity index (χ0v) is 15.5. The summed E-state index contributed by atoms with van der Waals surface area (Å²) in [4.78, 5) is 26.3. The highest BCUT2D eigenvalue weighted by Gasteiger charge is 2.29. The van der Waals surface area contributed by atoms with E-state index in [9.17, 15) is 10.1 Å². The molecule has 144 valence electrons. The van der Waals surface area contributed by atoms with E-state index >= 15 is 0 Å². The zero-order chi connectivity index (χ0) is 19.7. The van der Waals surface area contributed by atoms with Gasteiger partial charge in [-0.1, -0.05) is 12.1 Å². The maximum absolute atomic E-state index is 11.1. The highest BCUT2D eigenvalue weighted by Crippen LogP contribution is 2.30. The van der Waals surface area contributed by atoms with Crippen LogP contribution in [0.4, 0.5) is 11.5 Å². The summed E-state index contributed by atoms with van der Waals surface area (Å²) < 4.78 is 7.38. The lowest BCUT2D eigenvalue weighted by atomic mass is 10.1. The molecule has 10 heteroatoms. The predicted molar refractivity (Wildman–Crippen MR) is 101 cm³/mol. The van der Waals surface area contributed by atoms with E-state index in [1.54, 1.807) is 16.8 Å². The Morgan fingerprint density at radius 2 is 2.14 bits per heavy atom. The third kappa shape index (κ3) is 3.41. The van der Waals surface area contributed by atoms with Crippen molar-refractivity contribution in [1.82, 2.24) is 24.7 Å². The molecule has 1 fully saturated rings. The van der Waals surface area contributed by atoms with Crippen molar-refractivity contribution in [1.29, 1.82) is 0 Å². The molecule has 0 radical (unpaired) electrons. The van der Waals surface area contributed by atoms with Crippen LogP contribution >= 0.6 is 0 Å². The maximum atomic E-state index is 11.1. The molecule has 0 aliphatic carbocycles. The number of hydrogen-bond donors (Lipinski definition) is 0. The number of rotatable bonds is 4. The van der Waals surface area contributed by atoms with Gasteiger partial charge in [0.2, 0.25) is 0 Å². The minimum Gasteiger partial charge on any atom is -0.377 e. The number of nitro benzene ring substituents is 1. The average molecular weight is 381 g/mol. The number of aryl methyl sites for hydroxylation is 2. The van der Waals surface area contributed by atoms with Crippen LogP contribution in [0.5, 0.6) is 0 Å². The van der Waals surface area contributed by atoms with Crippen LogP contribution in [0.25, 0.3) is 11.4 Å². The SMILES string of the molecule is Cc1cc(N2CCOC[C@H]2c2ncnn2C)nc(-c2cccc([N+](=O)[O-])c2)n1. The Bertz CT molecular complexity index is 1020. The second kappa shape index (κ2) is 7.31. The molecule has 0 unspecified atom stereocenters. The van der Waals surface area contributed by atoms with Gasteiger partial charge >= 0.3 is 0 Å². The summed E-state index contributed by atoms with van der Waals surface area (Å²) in [5.41, 5.74) is 1.38. The normalized spacial score (nSPS) is 16.9. The van der Waals surface area contributed by atoms with Crippen molar-refractivity contribution in [3.63, 3.8) is 0 Å². The molecule has 1 atom stereocenters. The summed E-state index contributed by atoms with van der Waals surface area (Å²) in [6.45, 7) is 3.57. The fraction of sp³-hybridized carbons (Fsp3) is 0.333. The van der Waals surface area contributed by atoms with Gasteiger partial charge in [-0.3, -0.25) is 14.8 Å². The second-order valence-corrected chi connectivity index (χ2v) is 6.52. The molecule has 1 aliphatic rings. The van der Waals surface area contributed by atoms with Gasteiger partial charge in [-0.15, -0.1) is 0 Å². The van der Waals surface area contributed by atoms with Gasteiger partial charge in [-0.25, -0.2) is 15.0 Å². The minimum absolute atomic E-state index is 0.00694. The fourth-order valence-electron chi connectivity index (χ4n) is 3.29. The Labute approximate surface area is 161 Å². The molecule has 1 aromatic carbocycles. The number of nitro groups is 1. The number of benzene rings is 1. The molecule has 0 spiro atoms. The molecule has 1 saturated heterocycles. The molecular formula is C18H19N7O3. The predicted octanol–water partition coefficient (Wildman–Crippen LogP) is 2.07. The minimum atomic E-state index is -0.424. The number of non-ortho nitro benzene ring substituents is 1. The maximum Gasteiger partial charge on any atom is 0.270 e. The lowest BCUT2D eigenvalue weighted by molar-refractivity contribution is -0.384. The van der Waals surface area contributed by atoms with Crippen molar-refractivity contribution in [3.8, 4) is 11.4 Å². The monoisotopic (exact) mass is 381 g/mol. The van der Waals surface area contributed by atoms with E-state index in [-0.39, 0.29) is 11.7 Å². The van der Waals surface area contributed by atoms with Crippen molar-refractivity contribution in [2.75, 3.05) is 24.7 Å². The van der Waals surface area contributed by atoms with Gasteiger partial charge in [0.05, 0.1) is 18.1 Å². The summed E-state index contributed by atoms with van der Waals surface area (Å²) in [7, 11) is 1.84. The molecule has 0 bridgehead atoms. The van der Waals surface area contributed by atoms with Crippen molar-refractivity contribution < 1.29 is 9.66 Å². The molecular weight excluding hydrogens is 362 g/mol. The van der Waals surface area contributed by atoms with Crippen LogP contribution in [0.2, 0.25) is 0 Å². The standard InChI is InChI=1S/C18H19N7O3/c1-12-8-16(22-17(21-12)13-4-3-5-14(9-13)25(26)27)24-6-7-28-10-15(24)18-19-11-20-23(18)2/h3-5,8-9,11,15H,6-7,10H2,1-2H3/t15-/m0/s1. The second-order valence-electron chi connectivity index (χ2n) is 6.52. The zero-order valence-electron chi connectivity index (χ0n) is 15.5. The first-order chi connectivity index (χ1) is 13.5. The van der Waals surface area contributed by atoms with Gasteiger partial charge in [0.1, 0.15) is 18.2 Å². The van der Waals surface area contributed by atoms with Crippen molar-refractivity contribution >= 4 is 11.5 Å². The number of morpholine rings is 1. The van der Waals surface area contributed by atoms with Gasteiger partial charge in [0, 0.05) is 43.0 Å². The van der Waals surface area contributed by atoms with E-state index in [0.29, 0.717) is 31.1 Å². The van der Waals surface area contributed by atoms with Crippen LogP contribution in [0.3, 0.4) is 0 Å². The Hall–Kier alpha value is -3.40. The third-order valence-electron chi connectivity index (χ3n) is 4.62. The van der Waals surface area contributed by atoms with E-state index in [2.05, 4.69) is 20.0 Å². The first kappa shape index (κ1) is 18.0. The van der Waals surface area contributed by atoms with Crippen LogP contribution in [0, 0.1) is 17.0 Å². The molecule has 10 nitrogen and oxygen atoms in total. The summed E-state index contributed by atoms with van der Waals surface area (Å²) in [5.74, 6) is 1.96. The molecule has 2 aromatic heterocycles. The molecule has 3 heterocycles. The average Bonchev–Trinajstić information content (AvgIpc) is 3.13. The smallest absolute Gasteiger partial charge is 0.270 e. The molecule has 1 aliphatic heterocycles. The van der Waals surface area contributed by atoms with Crippen LogP contribution in [-0.4, -0.2) is 49.4 Å². The Kier molecular flexibility index (Phi) is 4.70. The molecule has 4 rings (SSSR count). The van der Waals surface area contributed by atoms with E-state index in [1.165, 1.54) is 18.5 Å². The van der Waals surface area contributed by atoms with Crippen LogP contribution < -0.4 is 4.90 Å². The topological polar surface area (TPSA) is 112 Å².